The van der Waals surface area contributed by atoms with Crippen molar-refractivity contribution >= 4 is 5.91 Å². The molecule has 7 heteroatoms. The number of pyridine rings is 1. The number of carbonyl (C=O) groups excluding carboxylic acids is 1. The molecule has 0 saturated carbocycles. The second kappa shape index (κ2) is 10.5. The van der Waals surface area contributed by atoms with Gasteiger partial charge in [0, 0.05) is 25.5 Å². The number of allylic oxidation sites excluding steroid dienone is 4. The summed E-state index contributed by atoms with van der Waals surface area (Å²) in [4.78, 5) is 27.6. The Morgan fingerprint density at radius 1 is 1.28 bits per heavy atom. The van der Waals surface area contributed by atoms with Gasteiger partial charge in [0.15, 0.2) is 0 Å². The van der Waals surface area contributed by atoms with Crippen molar-refractivity contribution in [3.8, 4) is 17.5 Å². The van der Waals surface area contributed by atoms with Gasteiger partial charge in [0.05, 0.1) is 29.9 Å². The number of amides is 1. The number of piperidine rings is 1. The average Bonchev–Trinajstić information content (AvgIpc) is 2.86. The van der Waals surface area contributed by atoms with E-state index in [0.29, 0.717) is 55.1 Å². The van der Waals surface area contributed by atoms with Crippen LogP contribution in [0.25, 0.3) is 11.4 Å². The first-order valence-electron chi connectivity index (χ1n) is 10.5. The highest BCUT2D eigenvalue weighted by molar-refractivity contribution is 5.99. The molecule has 1 aliphatic rings. The van der Waals surface area contributed by atoms with Crippen LogP contribution >= 0.6 is 0 Å². The predicted molar refractivity (Wildman–Crippen MR) is 122 cm³/mol. The predicted octanol–water partition coefficient (Wildman–Crippen LogP) is 4.34. The van der Waals surface area contributed by atoms with E-state index in [1.807, 2.05) is 19.1 Å². The van der Waals surface area contributed by atoms with Crippen LogP contribution in [-0.4, -0.2) is 46.0 Å². The topological polar surface area (TPSA) is 92.0 Å². The molecule has 32 heavy (non-hydrogen) atoms. The lowest BCUT2D eigenvalue weighted by Crippen LogP contribution is -2.43. The minimum absolute atomic E-state index is 0.0965. The van der Waals surface area contributed by atoms with Crippen LogP contribution in [0.4, 0.5) is 0 Å². The van der Waals surface area contributed by atoms with Gasteiger partial charge in [-0.25, -0.2) is 9.97 Å². The van der Waals surface area contributed by atoms with E-state index in [9.17, 15) is 10.1 Å². The third-order valence-corrected chi connectivity index (χ3v) is 5.77. The summed E-state index contributed by atoms with van der Waals surface area (Å²) in [6, 6.07) is 7.78. The SMILES string of the molecule is C=C(/C=C\C(=C/C)CC1(C#N)CCN(C(=O)c2cccnc2-c2ccncn2)CC1)OC. The Kier molecular flexibility index (Phi) is 7.50. The van der Waals surface area contributed by atoms with E-state index in [1.54, 1.807) is 48.7 Å². The third kappa shape index (κ3) is 5.27. The average molecular weight is 430 g/mol. The van der Waals surface area contributed by atoms with Crippen LogP contribution in [0, 0.1) is 16.7 Å². The van der Waals surface area contributed by atoms with Crippen LogP contribution in [0.15, 0.2) is 73.1 Å². The van der Waals surface area contributed by atoms with Crippen LogP contribution in [0.1, 0.15) is 36.5 Å². The van der Waals surface area contributed by atoms with Crippen molar-refractivity contribution in [1.82, 2.24) is 19.9 Å². The van der Waals surface area contributed by atoms with Crippen molar-refractivity contribution in [2.75, 3.05) is 20.2 Å². The molecular formula is C25H27N5O2. The Morgan fingerprint density at radius 3 is 2.69 bits per heavy atom. The largest absolute Gasteiger partial charge is 0.497 e. The molecule has 7 nitrogen and oxygen atoms in total. The lowest BCUT2D eigenvalue weighted by molar-refractivity contribution is 0.0648. The Balaban J connectivity index is 1.73. The second-order valence-electron chi connectivity index (χ2n) is 7.72. The number of nitrogens with zero attached hydrogens (tertiary/aromatic N) is 5. The number of hydrogen-bond acceptors (Lipinski definition) is 6. The van der Waals surface area contributed by atoms with E-state index in [2.05, 4.69) is 27.6 Å². The van der Waals surface area contributed by atoms with Crippen molar-refractivity contribution in [1.29, 1.82) is 5.26 Å². The van der Waals surface area contributed by atoms with Crippen molar-refractivity contribution in [3.05, 3.63) is 78.6 Å². The maximum absolute atomic E-state index is 13.3. The molecular weight excluding hydrogens is 402 g/mol. The summed E-state index contributed by atoms with van der Waals surface area (Å²) in [5.74, 6) is 0.465. The summed E-state index contributed by atoms with van der Waals surface area (Å²) >= 11 is 0. The van der Waals surface area contributed by atoms with E-state index >= 15 is 0 Å². The lowest BCUT2D eigenvalue weighted by Gasteiger charge is -2.37. The molecule has 0 N–H and O–H groups in total. The highest BCUT2D eigenvalue weighted by atomic mass is 16.5. The van der Waals surface area contributed by atoms with Crippen LogP contribution in [0.5, 0.6) is 0 Å². The number of nitriles is 1. The van der Waals surface area contributed by atoms with Gasteiger partial charge in [-0.2, -0.15) is 5.26 Å². The zero-order valence-electron chi connectivity index (χ0n) is 18.5. The molecule has 1 fully saturated rings. The first-order chi connectivity index (χ1) is 15.5. The van der Waals surface area contributed by atoms with Crippen LogP contribution in [0.2, 0.25) is 0 Å². The first kappa shape index (κ1) is 22.9. The first-order valence-corrected chi connectivity index (χ1v) is 10.5. The monoisotopic (exact) mass is 429 g/mol. The number of likely N-dealkylation sites (tertiary alicyclic amines) is 1. The molecule has 1 amide bonds. The smallest absolute Gasteiger partial charge is 0.256 e. The van der Waals surface area contributed by atoms with E-state index in [0.717, 1.165) is 5.57 Å². The minimum atomic E-state index is -0.512. The van der Waals surface area contributed by atoms with Gasteiger partial charge in [0.1, 0.15) is 17.8 Å². The molecule has 0 radical (unpaired) electrons. The summed E-state index contributed by atoms with van der Waals surface area (Å²) < 4.78 is 5.08. The van der Waals surface area contributed by atoms with Crippen molar-refractivity contribution < 1.29 is 9.53 Å². The molecule has 0 aliphatic carbocycles. The third-order valence-electron chi connectivity index (χ3n) is 5.77. The highest BCUT2D eigenvalue weighted by Crippen LogP contribution is 2.38. The Hall–Kier alpha value is -3.79. The van der Waals surface area contributed by atoms with Crippen molar-refractivity contribution in [2.45, 2.75) is 26.2 Å². The lowest BCUT2D eigenvalue weighted by atomic mass is 9.74. The molecule has 2 aromatic heterocycles. The van der Waals surface area contributed by atoms with E-state index in [-0.39, 0.29) is 5.91 Å². The highest BCUT2D eigenvalue weighted by Gasteiger charge is 2.37. The Labute approximate surface area is 188 Å². The van der Waals surface area contributed by atoms with E-state index in [4.69, 9.17) is 4.74 Å². The van der Waals surface area contributed by atoms with Gasteiger partial charge in [-0.05, 0) is 50.5 Å². The number of carbonyl (C=O) groups is 1. The van der Waals surface area contributed by atoms with Gasteiger partial charge in [0.25, 0.3) is 5.91 Å². The Bertz CT molecular complexity index is 1060. The summed E-state index contributed by atoms with van der Waals surface area (Å²) in [5, 5.41) is 9.97. The molecule has 0 aromatic carbocycles. The number of hydrogen-bond donors (Lipinski definition) is 0. The summed E-state index contributed by atoms with van der Waals surface area (Å²) in [7, 11) is 1.57. The van der Waals surface area contributed by atoms with Gasteiger partial charge in [-0.15, -0.1) is 0 Å². The normalized spacial score (nSPS) is 15.9. The maximum atomic E-state index is 13.3. The van der Waals surface area contributed by atoms with Gasteiger partial charge in [0.2, 0.25) is 0 Å². The van der Waals surface area contributed by atoms with Crippen LogP contribution < -0.4 is 0 Å². The maximum Gasteiger partial charge on any atom is 0.256 e. The fourth-order valence-electron chi connectivity index (χ4n) is 3.77. The number of ether oxygens (including phenoxy) is 1. The molecule has 2 aromatic rings. The van der Waals surface area contributed by atoms with Gasteiger partial charge < -0.3 is 9.64 Å². The summed E-state index contributed by atoms with van der Waals surface area (Å²) in [5.41, 5.74) is 2.18. The van der Waals surface area contributed by atoms with E-state index in [1.165, 1.54) is 6.33 Å². The van der Waals surface area contributed by atoms with Gasteiger partial charge >= 0.3 is 0 Å². The molecule has 3 rings (SSSR count). The summed E-state index contributed by atoms with van der Waals surface area (Å²) in [6.07, 6.45) is 12.3. The molecule has 0 bridgehead atoms. The van der Waals surface area contributed by atoms with Gasteiger partial charge in [-0.3, -0.25) is 9.78 Å². The number of rotatable bonds is 7. The zero-order chi connectivity index (χ0) is 23.0. The molecule has 0 spiro atoms. The zero-order valence-corrected chi connectivity index (χ0v) is 18.5. The number of methoxy groups -OCH3 is 1. The quantitative estimate of drug-likeness (QED) is 0.480. The van der Waals surface area contributed by atoms with Crippen LogP contribution in [-0.2, 0) is 4.74 Å². The Morgan fingerprint density at radius 2 is 2.06 bits per heavy atom. The van der Waals surface area contributed by atoms with Crippen molar-refractivity contribution in [3.63, 3.8) is 0 Å². The molecule has 0 atom stereocenters. The second-order valence-corrected chi connectivity index (χ2v) is 7.72. The van der Waals surface area contributed by atoms with E-state index < -0.39 is 5.41 Å². The fourth-order valence-corrected chi connectivity index (χ4v) is 3.77. The standard InChI is InChI=1S/C25H27N5O2/c1-4-20(8-7-19(2)32-3)16-25(17-26)10-14-30(15-11-25)24(31)21-6-5-12-28-23(21)22-9-13-27-18-29-22/h4-9,12-13,18H,2,10-11,14-16H2,1,3H3/b8-7-,20-4+. The molecule has 3 heterocycles. The van der Waals surface area contributed by atoms with Gasteiger partial charge in [-0.1, -0.05) is 24.3 Å². The van der Waals surface area contributed by atoms with Crippen LogP contribution in [0.3, 0.4) is 0 Å². The fraction of sp³-hybridized carbons (Fsp3) is 0.320. The molecule has 164 valence electrons. The molecule has 1 aliphatic heterocycles. The minimum Gasteiger partial charge on any atom is -0.497 e. The molecule has 0 unspecified atom stereocenters. The summed E-state index contributed by atoms with van der Waals surface area (Å²) in [6.45, 7) is 6.77. The van der Waals surface area contributed by atoms with Crippen molar-refractivity contribution in [2.24, 2.45) is 5.41 Å². The molecule has 1 saturated heterocycles. The number of aromatic nitrogens is 3.